The van der Waals surface area contributed by atoms with E-state index in [0.717, 1.165) is 50.1 Å². The van der Waals surface area contributed by atoms with Crippen LogP contribution in [0.15, 0.2) is 24.4 Å². The van der Waals surface area contributed by atoms with Gasteiger partial charge in [-0.25, -0.2) is 0 Å². The third-order valence-electron chi connectivity index (χ3n) is 5.03. The van der Waals surface area contributed by atoms with Crippen molar-refractivity contribution in [2.24, 2.45) is 0 Å². The number of hydrogen-bond donors (Lipinski definition) is 1. The minimum Gasteiger partial charge on any atom is -0.346 e. The van der Waals surface area contributed by atoms with Gasteiger partial charge in [0.2, 0.25) is 0 Å². The van der Waals surface area contributed by atoms with Crippen molar-refractivity contribution in [1.29, 1.82) is 0 Å². The van der Waals surface area contributed by atoms with Crippen molar-refractivity contribution < 1.29 is 0 Å². The Morgan fingerprint density at radius 3 is 2.31 bits per heavy atom. The van der Waals surface area contributed by atoms with Crippen molar-refractivity contribution in [3.8, 4) is 0 Å². The lowest BCUT2D eigenvalue weighted by Crippen LogP contribution is -2.49. The molecule has 2 aromatic rings. The third-order valence-corrected chi connectivity index (χ3v) is 5.39. The summed E-state index contributed by atoms with van der Waals surface area (Å²) in [6, 6.07) is 6.46. The molecule has 0 atom stereocenters. The first-order valence-corrected chi connectivity index (χ1v) is 9.75. The van der Waals surface area contributed by atoms with E-state index in [1.807, 2.05) is 6.20 Å². The predicted molar refractivity (Wildman–Crippen MR) is 112 cm³/mol. The third kappa shape index (κ3) is 4.43. The lowest BCUT2D eigenvalue weighted by molar-refractivity contribution is 0.176. The van der Waals surface area contributed by atoms with Crippen molar-refractivity contribution in [2.75, 3.05) is 31.5 Å². The van der Waals surface area contributed by atoms with Crippen LogP contribution in [0, 0.1) is 20.8 Å². The van der Waals surface area contributed by atoms with Gasteiger partial charge in [0.1, 0.15) is 0 Å². The molecule has 0 aliphatic carbocycles. The number of nitrogens with one attached hydrogen (secondary N) is 1. The molecule has 0 spiro atoms. The highest BCUT2D eigenvalue weighted by molar-refractivity contribution is 7.80. The van der Waals surface area contributed by atoms with Crippen LogP contribution in [0.2, 0.25) is 0 Å². The van der Waals surface area contributed by atoms with Crippen LogP contribution in [0.5, 0.6) is 0 Å². The van der Waals surface area contributed by atoms with Gasteiger partial charge < -0.3 is 10.2 Å². The maximum atomic E-state index is 5.63. The topological polar surface area (TPSA) is 36.3 Å². The molecule has 1 aromatic heterocycles. The molecule has 1 aromatic carbocycles. The zero-order valence-corrected chi connectivity index (χ0v) is 17.1. The lowest BCUT2D eigenvalue weighted by atomic mass is 10.1. The van der Waals surface area contributed by atoms with E-state index >= 15 is 0 Å². The van der Waals surface area contributed by atoms with Gasteiger partial charge in [-0.2, -0.15) is 5.10 Å². The largest absolute Gasteiger partial charge is 0.346 e. The molecule has 1 aliphatic rings. The van der Waals surface area contributed by atoms with Crippen LogP contribution >= 0.6 is 12.2 Å². The van der Waals surface area contributed by atoms with Gasteiger partial charge in [0, 0.05) is 56.2 Å². The summed E-state index contributed by atoms with van der Waals surface area (Å²) in [4.78, 5) is 4.76. The van der Waals surface area contributed by atoms with E-state index < -0.39 is 0 Å². The highest BCUT2D eigenvalue weighted by Crippen LogP contribution is 2.16. The van der Waals surface area contributed by atoms with E-state index in [2.05, 4.69) is 70.8 Å². The SMILES string of the molecule is CCn1ncc(CN2CCN(C(=S)Nc3cc(C)cc(C)c3)CC2)c1C. The number of benzene rings is 1. The van der Waals surface area contributed by atoms with Crippen LogP contribution in [-0.2, 0) is 13.1 Å². The van der Waals surface area contributed by atoms with Crippen molar-refractivity contribution in [3.05, 3.63) is 46.8 Å². The number of hydrogen-bond acceptors (Lipinski definition) is 3. The second kappa shape index (κ2) is 8.18. The number of piperazine rings is 1. The van der Waals surface area contributed by atoms with E-state index in [-0.39, 0.29) is 0 Å². The molecular weight excluding hydrogens is 342 g/mol. The Morgan fingerprint density at radius 1 is 1.08 bits per heavy atom. The average molecular weight is 372 g/mol. The number of anilines is 1. The molecule has 3 rings (SSSR count). The first-order valence-electron chi connectivity index (χ1n) is 9.34. The van der Waals surface area contributed by atoms with Crippen LogP contribution in [0.4, 0.5) is 5.69 Å². The van der Waals surface area contributed by atoms with Gasteiger partial charge in [-0.3, -0.25) is 9.58 Å². The Balaban J connectivity index is 1.52. The fourth-order valence-corrected chi connectivity index (χ4v) is 3.86. The van der Waals surface area contributed by atoms with E-state index in [1.165, 1.54) is 22.4 Å². The molecule has 0 saturated carbocycles. The molecule has 0 bridgehead atoms. The number of aryl methyl sites for hydroxylation is 3. The Hall–Kier alpha value is -1.92. The summed E-state index contributed by atoms with van der Waals surface area (Å²) >= 11 is 5.63. The molecule has 6 heteroatoms. The zero-order chi connectivity index (χ0) is 18.7. The fraction of sp³-hybridized carbons (Fsp3) is 0.500. The van der Waals surface area contributed by atoms with Gasteiger partial charge in [0.05, 0.1) is 6.20 Å². The van der Waals surface area contributed by atoms with Gasteiger partial charge in [-0.1, -0.05) is 6.07 Å². The molecular formula is C20H29N5S. The number of thiocarbonyl (C=S) groups is 1. The van der Waals surface area contributed by atoms with Crippen LogP contribution in [-0.4, -0.2) is 50.9 Å². The lowest BCUT2D eigenvalue weighted by Gasteiger charge is -2.36. The molecule has 1 fully saturated rings. The summed E-state index contributed by atoms with van der Waals surface area (Å²) < 4.78 is 2.06. The Labute approximate surface area is 162 Å². The van der Waals surface area contributed by atoms with Crippen molar-refractivity contribution >= 4 is 23.0 Å². The smallest absolute Gasteiger partial charge is 0.173 e. The highest BCUT2D eigenvalue weighted by Gasteiger charge is 2.20. The molecule has 2 heterocycles. The van der Waals surface area contributed by atoms with Crippen LogP contribution in [0.1, 0.15) is 29.3 Å². The second-order valence-corrected chi connectivity index (χ2v) is 7.53. The Morgan fingerprint density at radius 2 is 1.73 bits per heavy atom. The summed E-state index contributed by atoms with van der Waals surface area (Å²) in [7, 11) is 0. The monoisotopic (exact) mass is 371 g/mol. The molecule has 140 valence electrons. The van der Waals surface area contributed by atoms with Crippen LogP contribution in [0.3, 0.4) is 0 Å². The predicted octanol–water partition coefficient (Wildman–Crippen LogP) is 3.34. The average Bonchev–Trinajstić information content (AvgIpc) is 2.94. The minimum atomic E-state index is 0.824. The standard InChI is InChI=1S/C20H29N5S/c1-5-25-17(4)18(13-21-25)14-23-6-8-24(9-7-23)20(26)22-19-11-15(2)10-16(3)12-19/h10-13H,5-9,14H2,1-4H3,(H,22,26). The molecule has 5 nitrogen and oxygen atoms in total. The first-order chi connectivity index (χ1) is 12.5. The van der Waals surface area contributed by atoms with Crippen LogP contribution < -0.4 is 5.32 Å². The van der Waals surface area contributed by atoms with Crippen molar-refractivity contribution in [2.45, 2.75) is 40.8 Å². The van der Waals surface area contributed by atoms with Gasteiger partial charge in [-0.15, -0.1) is 0 Å². The number of rotatable bonds is 4. The van der Waals surface area contributed by atoms with Gasteiger partial charge in [0.15, 0.2) is 5.11 Å². The molecule has 26 heavy (non-hydrogen) atoms. The summed E-state index contributed by atoms with van der Waals surface area (Å²) in [6.45, 7) is 14.4. The van der Waals surface area contributed by atoms with E-state index in [4.69, 9.17) is 12.2 Å². The van der Waals surface area contributed by atoms with E-state index in [9.17, 15) is 0 Å². The van der Waals surface area contributed by atoms with Crippen molar-refractivity contribution in [1.82, 2.24) is 19.6 Å². The quantitative estimate of drug-likeness (QED) is 0.834. The zero-order valence-electron chi connectivity index (χ0n) is 16.2. The minimum absolute atomic E-state index is 0.824. The van der Waals surface area contributed by atoms with Gasteiger partial charge >= 0.3 is 0 Å². The van der Waals surface area contributed by atoms with Crippen LogP contribution in [0.25, 0.3) is 0 Å². The Kier molecular flexibility index (Phi) is 5.94. The molecule has 1 aliphatic heterocycles. The second-order valence-electron chi connectivity index (χ2n) is 7.14. The maximum absolute atomic E-state index is 5.63. The molecule has 1 saturated heterocycles. The Bertz CT molecular complexity index is 754. The highest BCUT2D eigenvalue weighted by atomic mass is 32.1. The van der Waals surface area contributed by atoms with E-state index in [0.29, 0.717) is 0 Å². The summed E-state index contributed by atoms with van der Waals surface area (Å²) in [5.41, 5.74) is 6.20. The summed E-state index contributed by atoms with van der Waals surface area (Å²) in [5.74, 6) is 0. The first kappa shape index (κ1) is 18.9. The van der Waals surface area contributed by atoms with Crippen molar-refractivity contribution in [3.63, 3.8) is 0 Å². The summed E-state index contributed by atoms with van der Waals surface area (Å²) in [5, 5.41) is 8.68. The maximum Gasteiger partial charge on any atom is 0.173 e. The van der Waals surface area contributed by atoms with Gasteiger partial charge in [-0.05, 0) is 63.2 Å². The number of nitrogens with zero attached hydrogens (tertiary/aromatic N) is 4. The number of aromatic nitrogens is 2. The molecule has 0 amide bonds. The fourth-order valence-electron chi connectivity index (χ4n) is 3.56. The normalized spacial score (nSPS) is 15.3. The summed E-state index contributed by atoms with van der Waals surface area (Å²) in [6.07, 6.45) is 2.01. The van der Waals surface area contributed by atoms with Gasteiger partial charge in [0.25, 0.3) is 0 Å². The molecule has 0 unspecified atom stereocenters. The molecule has 1 N–H and O–H groups in total. The molecule has 0 radical (unpaired) electrons. The van der Waals surface area contributed by atoms with E-state index in [1.54, 1.807) is 0 Å².